The zero-order valence-electron chi connectivity index (χ0n) is 10.9. The standard InChI is InChI=1S/C14H12ClNO4S/c15-10-3-4-11(9(5-10)7-21(18)19)13(17)12-6-16-20-14(12)8-1-2-8/h3-6,8H,1-2,7H2,(H,18,19)/p-1. The van der Waals surface area contributed by atoms with E-state index in [-0.39, 0.29) is 17.5 Å². The quantitative estimate of drug-likeness (QED) is 0.623. The van der Waals surface area contributed by atoms with E-state index < -0.39 is 11.1 Å². The van der Waals surface area contributed by atoms with E-state index in [2.05, 4.69) is 5.16 Å². The highest BCUT2D eigenvalue weighted by molar-refractivity contribution is 7.78. The van der Waals surface area contributed by atoms with Gasteiger partial charge in [0, 0.05) is 22.3 Å². The summed E-state index contributed by atoms with van der Waals surface area (Å²) in [5.74, 6) is 0.293. The van der Waals surface area contributed by atoms with Crippen molar-refractivity contribution in [2.24, 2.45) is 0 Å². The first-order chi connectivity index (χ1) is 10.1. The molecule has 1 heterocycles. The smallest absolute Gasteiger partial charge is 0.198 e. The predicted octanol–water partition coefficient (Wildman–Crippen LogP) is 2.82. The number of hydrogen-bond acceptors (Lipinski definition) is 5. The minimum Gasteiger partial charge on any atom is -0.772 e. The second kappa shape index (κ2) is 5.71. The second-order valence-electron chi connectivity index (χ2n) is 4.96. The maximum absolute atomic E-state index is 12.6. The molecule has 0 N–H and O–H groups in total. The van der Waals surface area contributed by atoms with Crippen LogP contribution in [0.5, 0.6) is 0 Å². The van der Waals surface area contributed by atoms with Crippen molar-refractivity contribution < 1.29 is 18.1 Å². The summed E-state index contributed by atoms with van der Waals surface area (Å²) in [6, 6.07) is 4.60. The Morgan fingerprint density at radius 1 is 1.43 bits per heavy atom. The molecule has 0 radical (unpaired) electrons. The zero-order chi connectivity index (χ0) is 15.0. The fourth-order valence-electron chi connectivity index (χ4n) is 2.23. The number of halogens is 1. The average molecular weight is 325 g/mol. The molecule has 2 aromatic rings. The van der Waals surface area contributed by atoms with Crippen molar-refractivity contribution in [3.8, 4) is 0 Å². The van der Waals surface area contributed by atoms with Gasteiger partial charge in [0.05, 0.1) is 11.8 Å². The summed E-state index contributed by atoms with van der Waals surface area (Å²) in [4.78, 5) is 12.6. The Morgan fingerprint density at radius 2 is 2.19 bits per heavy atom. The van der Waals surface area contributed by atoms with Gasteiger partial charge in [0.25, 0.3) is 0 Å². The van der Waals surface area contributed by atoms with E-state index in [9.17, 15) is 13.6 Å². The average Bonchev–Trinajstić information content (AvgIpc) is 3.15. The van der Waals surface area contributed by atoms with Crippen LogP contribution in [0.1, 0.15) is 46.0 Å². The first kappa shape index (κ1) is 14.4. The fourth-order valence-corrected chi connectivity index (χ4v) is 2.92. The molecule has 0 aliphatic heterocycles. The van der Waals surface area contributed by atoms with Crippen molar-refractivity contribution in [3.63, 3.8) is 0 Å². The van der Waals surface area contributed by atoms with Crippen LogP contribution in [0.4, 0.5) is 0 Å². The van der Waals surface area contributed by atoms with Gasteiger partial charge in [-0.2, -0.15) is 0 Å². The van der Waals surface area contributed by atoms with Crippen LogP contribution in [0.2, 0.25) is 5.02 Å². The van der Waals surface area contributed by atoms with E-state index in [1.165, 1.54) is 18.3 Å². The SMILES string of the molecule is O=C(c1ccc(Cl)cc1CS(=O)[O-])c1cnoc1C1CC1. The summed E-state index contributed by atoms with van der Waals surface area (Å²) >= 11 is 3.58. The Labute approximate surface area is 128 Å². The van der Waals surface area contributed by atoms with E-state index in [1.807, 2.05) is 0 Å². The van der Waals surface area contributed by atoms with Crippen LogP contribution in [0, 0.1) is 0 Å². The molecular weight excluding hydrogens is 314 g/mol. The molecule has 1 aliphatic carbocycles. The van der Waals surface area contributed by atoms with Crippen LogP contribution in [0.3, 0.4) is 0 Å². The van der Waals surface area contributed by atoms with Crippen molar-refractivity contribution >= 4 is 28.5 Å². The number of hydrogen-bond donors (Lipinski definition) is 0. The number of aromatic nitrogens is 1. The summed E-state index contributed by atoms with van der Waals surface area (Å²) in [7, 11) is 0. The first-order valence-electron chi connectivity index (χ1n) is 6.40. The summed E-state index contributed by atoms with van der Waals surface area (Å²) in [6.07, 6.45) is 3.35. The molecular formula is C14H11ClNO4S-. The van der Waals surface area contributed by atoms with Gasteiger partial charge in [-0.1, -0.05) is 27.8 Å². The third kappa shape index (κ3) is 3.07. The van der Waals surface area contributed by atoms with Crippen LogP contribution in [-0.2, 0) is 16.8 Å². The van der Waals surface area contributed by atoms with Gasteiger partial charge in [0.1, 0.15) is 0 Å². The number of benzene rings is 1. The van der Waals surface area contributed by atoms with Gasteiger partial charge in [-0.15, -0.1) is 0 Å². The number of nitrogens with zero attached hydrogens (tertiary/aromatic N) is 1. The lowest BCUT2D eigenvalue weighted by atomic mass is 9.98. The Bertz CT molecular complexity index is 724. The van der Waals surface area contributed by atoms with Gasteiger partial charge in [0.2, 0.25) is 0 Å². The molecule has 0 bridgehead atoms. The number of rotatable bonds is 5. The van der Waals surface area contributed by atoms with Crippen molar-refractivity contribution in [2.45, 2.75) is 24.5 Å². The maximum atomic E-state index is 12.6. The highest BCUT2D eigenvalue weighted by Gasteiger charge is 2.33. The first-order valence-corrected chi connectivity index (χ1v) is 8.02. The molecule has 0 saturated heterocycles. The van der Waals surface area contributed by atoms with Crippen LogP contribution < -0.4 is 0 Å². The van der Waals surface area contributed by atoms with Crippen molar-refractivity contribution in [3.05, 3.63) is 51.9 Å². The maximum Gasteiger partial charge on any atom is 0.198 e. The lowest BCUT2D eigenvalue weighted by Crippen LogP contribution is -2.08. The summed E-state index contributed by atoms with van der Waals surface area (Å²) in [5, 5.41) is 4.08. The number of carbonyl (C=O) groups excluding carboxylic acids is 1. The van der Waals surface area contributed by atoms with Crippen molar-refractivity contribution in [2.75, 3.05) is 0 Å². The Hall–Kier alpha value is -1.50. The van der Waals surface area contributed by atoms with E-state index in [4.69, 9.17) is 16.1 Å². The summed E-state index contributed by atoms with van der Waals surface area (Å²) in [6.45, 7) is 0. The summed E-state index contributed by atoms with van der Waals surface area (Å²) < 4.78 is 27.0. The van der Waals surface area contributed by atoms with Crippen molar-refractivity contribution in [1.82, 2.24) is 5.16 Å². The minimum atomic E-state index is -2.30. The van der Waals surface area contributed by atoms with Crippen LogP contribution in [0.25, 0.3) is 0 Å². The normalized spacial score (nSPS) is 15.9. The van der Waals surface area contributed by atoms with Gasteiger partial charge >= 0.3 is 0 Å². The van der Waals surface area contributed by atoms with E-state index >= 15 is 0 Å². The molecule has 1 fully saturated rings. The lowest BCUT2D eigenvalue weighted by Gasteiger charge is -2.11. The highest BCUT2D eigenvalue weighted by Crippen LogP contribution is 2.42. The zero-order valence-corrected chi connectivity index (χ0v) is 12.4. The summed E-state index contributed by atoms with van der Waals surface area (Å²) in [5.41, 5.74) is 1.09. The molecule has 1 aliphatic rings. The van der Waals surface area contributed by atoms with Gasteiger partial charge in [-0.3, -0.25) is 9.00 Å². The minimum absolute atomic E-state index is 0.246. The largest absolute Gasteiger partial charge is 0.772 e. The molecule has 1 unspecified atom stereocenters. The molecule has 1 aromatic carbocycles. The third-order valence-electron chi connectivity index (χ3n) is 3.38. The van der Waals surface area contributed by atoms with E-state index in [0.717, 1.165) is 12.8 Å². The Balaban J connectivity index is 2.00. The highest BCUT2D eigenvalue weighted by atomic mass is 35.5. The molecule has 21 heavy (non-hydrogen) atoms. The monoisotopic (exact) mass is 324 g/mol. The van der Waals surface area contributed by atoms with E-state index in [0.29, 0.717) is 27.5 Å². The molecule has 1 aromatic heterocycles. The Morgan fingerprint density at radius 3 is 2.86 bits per heavy atom. The van der Waals surface area contributed by atoms with Gasteiger partial charge in [-0.05, 0) is 36.6 Å². The third-order valence-corrected chi connectivity index (χ3v) is 4.16. The molecule has 5 nitrogen and oxygen atoms in total. The topological polar surface area (TPSA) is 83.2 Å². The van der Waals surface area contributed by atoms with E-state index in [1.54, 1.807) is 6.07 Å². The fraction of sp³-hybridized carbons (Fsp3) is 0.286. The van der Waals surface area contributed by atoms with Gasteiger partial charge < -0.3 is 9.08 Å². The molecule has 0 spiro atoms. The van der Waals surface area contributed by atoms with Crippen LogP contribution in [-0.4, -0.2) is 19.7 Å². The molecule has 1 atom stereocenters. The van der Waals surface area contributed by atoms with Crippen LogP contribution >= 0.6 is 11.6 Å². The Kier molecular flexibility index (Phi) is 3.93. The molecule has 110 valence electrons. The lowest BCUT2D eigenvalue weighted by molar-refractivity contribution is 0.103. The number of ketones is 1. The molecule has 7 heteroatoms. The predicted molar refractivity (Wildman–Crippen MR) is 76.0 cm³/mol. The second-order valence-corrected chi connectivity index (χ2v) is 6.29. The number of carbonyl (C=O) groups is 1. The van der Waals surface area contributed by atoms with Crippen LogP contribution in [0.15, 0.2) is 28.9 Å². The molecule has 1 saturated carbocycles. The molecule has 0 amide bonds. The van der Waals surface area contributed by atoms with Gasteiger partial charge in [-0.25, -0.2) is 0 Å². The molecule has 3 rings (SSSR count). The van der Waals surface area contributed by atoms with Crippen molar-refractivity contribution in [1.29, 1.82) is 0 Å². The van der Waals surface area contributed by atoms with Gasteiger partial charge in [0.15, 0.2) is 11.5 Å².